The lowest BCUT2D eigenvalue weighted by Crippen LogP contribution is -2.63. The third kappa shape index (κ3) is 24.4. The smallest absolute Gasteiger partial charge is 0.309 e. The van der Waals surface area contributed by atoms with Gasteiger partial charge in [-0.2, -0.15) is 0 Å². The Morgan fingerprint density at radius 1 is 0.418 bits per heavy atom. The summed E-state index contributed by atoms with van der Waals surface area (Å²) in [5, 5.41) is 15.2. The first-order valence-electron chi connectivity index (χ1n) is 51.9. The Morgan fingerprint density at radius 3 is 1.00 bits per heavy atom. The van der Waals surface area contributed by atoms with E-state index < -0.39 is 71.4 Å². The molecule has 8 amide bonds. The third-order valence-electron chi connectivity index (χ3n) is 32.0. The number of carboxylic acids is 1. The van der Waals surface area contributed by atoms with Crippen LogP contribution in [0.4, 0.5) is 17.6 Å². The van der Waals surface area contributed by atoms with Gasteiger partial charge in [0, 0.05) is 190 Å². The highest BCUT2D eigenvalue weighted by Gasteiger charge is 2.50. The average Bonchev–Trinajstić information content (AvgIpc) is 1.61. The molecule has 36 heteroatoms. The zero-order chi connectivity index (χ0) is 107. The van der Waals surface area contributed by atoms with E-state index in [4.69, 9.17) is 60.8 Å². The standard InChI is InChI=1S/C33H45F2N3O5.C27H38F2N4O5S.C26H37N3O3.C24H31Cl2N3O3/c1-30(2,3)22-17-23(20-9-13-33(34,35)14-10-20)36-24-18-25(43-26(22)24)28(40)38-16-15-37(19-31(38,4)5)27(39)21-7-11-32(6,12-8-21)29(41)42;1-25(2,3)18-13-19(17-7-9-27(28,29)10-8-17)31-20-14-21(38-23(18)20)24(35)33-12-11-32(16-26(33,4)5)22(34)15-39(36,37)30-6;1-24(2,3)17-14-18(16-8-10-25(4,5)11-9-16)28-19-15-20(32-21(17)19)22(30)29-13-12-27-23(31)26(29,6)7;1-22(2,3)15-12-16(14-6-8-24(25,26)9-7-14)28-17-13-18(32-19(15)17)20(30)29-11-10-27-21(31)23(29,4)5/h17-18,20-21H,7-16,19H2,1-6H3,(H,41,42);13-14,17,30H,7-12,15-16H2,1-6H3;14-16H,8-13H2,1-7H3,(H,27,31);12-14H,6-11H2,1-5H3,(H,27,31). The van der Waals surface area contributed by atoms with Crippen LogP contribution in [0.2, 0.25) is 0 Å². The minimum Gasteiger partial charge on any atom is -0.481 e. The number of amides is 8. The lowest BCUT2D eigenvalue weighted by atomic mass is 9.71. The largest absolute Gasteiger partial charge is 0.481 e. The maximum Gasteiger partial charge on any atom is 0.309 e. The fourth-order valence-corrected chi connectivity index (χ4v) is 23.3. The summed E-state index contributed by atoms with van der Waals surface area (Å²) in [5.74, 6) is -7.61. The molecule has 0 spiro atoms. The van der Waals surface area contributed by atoms with Crippen LogP contribution in [-0.4, -0.2) is 233 Å². The minimum absolute atomic E-state index is 0.0309. The molecule has 5 aliphatic carbocycles. The van der Waals surface area contributed by atoms with Gasteiger partial charge in [0.2, 0.25) is 45.5 Å². The summed E-state index contributed by atoms with van der Waals surface area (Å²) in [7, 11) is -2.45. The van der Waals surface area contributed by atoms with Crippen molar-refractivity contribution in [2.75, 3.05) is 78.2 Å². The van der Waals surface area contributed by atoms with Crippen molar-refractivity contribution in [1.29, 1.82) is 0 Å². The van der Waals surface area contributed by atoms with E-state index >= 15 is 0 Å². The number of sulfonamides is 1. The van der Waals surface area contributed by atoms with Gasteiger partial charge >= 0.3 is 5.97 Å². The number of hydrogen-bond acceptors (Lipinski definition) is 19. The topological polar surface area (TPSA) is 368 Å². The Balaban J connectivity index is 0.000000155. The number of aliphatic carboxylic acids is 1. The maximum absolute atomic E-state index is 13.9. The molecule has 800 valence electrons. The van der Waals surface area contributed by atoms with Crippen molar-refractivity contribution in [2.45, 2.75) is 371 Å². The van der Waals surface area contributed by atoms with Crippen molar-refractivity contribution in [3.63, 3.8) is 0 Å². The van der Waals surface area contributed by atoms with Gasteiger partial charge in [0.1, 0.15) is 43.2 Å². The molecule has 0 radical (unpaired) electrons. The highest BCUT2D eigenvalue weighted by Crippen LogP contribution is 2.51. The van der Waals surface area contributed by atoms with Gasteiger partial charge in [-0.1, -0.05) is 96.9 Å². The molecule has 0 unspecified atom stereocenters. The van der Waals surface area contributed by atoms with Crippen LogP contribution in [-0.2, 0) is 55.7 Å². The molecule has 9 aliphatic rings. The van der Waals surface area contributed by atoms with Crippen LogP contribution < -0.4 is 15.4 Å². The number of furan rings is 4. The predicted octanol–water partition coefficient (Wildman–Crippen LogP) is 21.3. The molecule has 9 fully saturated rings. The normalized spacial score (nSPS) is 22.7. The molecule has 12 heterocycles. The van der Waals surface area contributed by atoms with E-state index in [1.807, 2.05) is 65.5 Å². The second-order valence-corrected chi connectivity index (χ2v) is 53.3. The van der Waals surface area contributed by atoms with E-state index in [2.05, 4.69) is 104 Å². The van der Waals surface area contributed by atoms with E-state index in [1.165, 1.54) is 24.8 Å². The minimum atomic E-state index is -3.71. The number of halogens is 6. The second kappa shape index (κ2) is 40.8. The Bertz CT molecular complexity index is 6250. The van der Waals surface area contributed by atoms with Crippen molar-refractivity contribution in [1.82, 2.24) is 64.7 Å². The number of nitrogens with one attached hydrogen (secondary N) is 3. The summed E-state index contributed by atoms with van der Waals surface area (Å²) < 4.78 is 105. The number of carbonyl (C=O) groups is 9. The zero-order valence-electron chi connectivity index (χ0n) is 89.6. The SMILES string of the molecule is CC(C)(C)c1cc(C2CCC(Cl)(Cl)CC2)nc2cc(C(=O)N3CCNC(=O)C3(C)C)oc12.CC1(C(=O)O)CCC(C(=O)N2CCN(C(=O)c3cc4nc(C5CCC(F)(F)CC5)cc(C(C)(C)C)c4o3)C(C)(C)C2)CC1.CC1(C)CCC(c2cc(C(C)(C)C)c3oc(C(=O)N4CCNC(=O)C4(C)C)cc3n2)CC1.CNS(=O)(=O)CC(=O)N1CCN(C(=O)c2cc3nc(C4CCC(F)(F)CC4)cc(C(C)(C)C)c3o2)C(C)(C)C1. The second-order valence-electron chi connectivity index (χ2n) is 49.8. The number of nitrogens with zero attached hydrogens (tertiary/aromatic N) is 10. The van der Waals surface area contributed by atoms with Gasteiger partial charge in [-0.15, -0.1) is 23.2 Å². The van der Waals surface area contributed by atoms with E-state index in [0.29, 0.717) is 147 Å². The number of carboxylic acid groups (broad SMARTS) is 1. The van der Waals surface area contributed by atoms with Crippen molar-refractivity contribution in [3.8, 4) is 0 Å². The van der Waals surface area contributed by atoms with Gasteiger partial charge in [0.25, 0.3) is 23.6 Å². The number of pyridine rings is 4. The zero-order valence-corrected chi connectivity index (χ0v) is 92.0. The number of carbonyl (C=O) groups excluding carboxylic acids is 8. The van der Waals surface area contributed by atoms with Crippen LogP contribution in [0.15, 0.2) is 66.2 Å². The van der Waals surface area contributed by atoms with Gasteiger partial charge in [0.15, 0.2) is 45.4 Å². The Hall–Kier alpha value is -9.80. The molecule has 29 nitrogen and oxygen atoms in total. The number of fused-ring (bicyclic) bond motifs is 4. The highest BCUT2D eigenvalue weighted by atomic mass is 35.5. The van der Waals surface area contributed by atoms with E-state index in [-0.39, 0.29) is 155 Å². The van der Waals surface area contributed by atoms with E-state index in [1.54, 1.807) is 78.5 Å². The van der Waals surface area contributed by atoms with Gasteiger partial charge in [0.05, 0.1) is 16.5 Å². The molecule has 4 aliphatic heterocycles. The average molecular weight is 2090 g/mol. The maximum atomic E-state index is 13.9. The number of hydrogen-bond donors (Lipinski definition) is 4. The fraction of sp³-hybridized carbons (Fsp3) is 0.664. The first-order valence-corrected chi connectivity index (χ1v) is 54.3. The quantitative estimate of drug-likeness (QED) is 0.0615. The van der Waals surface area contributed by atoms with Crippen LogP contribution in [0.1, 0.15) is 399 Å². The molecule has 17 rings (SSSR count). The van der Waals surface area contributed by atoms with Gasteiger partial charge in [-0.05, 0) is 223 Å². The van der Waals surface area contributed by atoms with Crippen molar-refractivity contribution in [2.24, 2.45) is 16.7 Å². The van der Waals surface area contributed by atoms with Crippen LogP contribution >= 0.6 is 23.2 Å². The molecule has 8 aromatic heterocycles. The fourth-order valence-electron chi connectivity index (χ4n) is 22.2. The van der Waals surface area contributed by atoms with Crippen molar-refractivity contribution in [3.05, 3.63) is 117 Å². The molecule has 0 aromatic carbocycles. The highest BCUT2D eigenvalue weighted by molar-refractivity contribution is 7.90. The van der Waals surface area contributed by atoms with Gasteiger partial charge in [-0.25, -0.2) is 50.6 Å². The molecule has 8 aromatic rings. The molecule has 0 bridgehead atoms. The Labute approximate surface area is 865 Å². The molecule has 4 N–H and O–H groups in total. The van der Waals surface area contributed by atoms with Gasteiger partial charge < -0.3 is 62.8 Å². The van der Waals surface area contributed by atoms with Crippen LogP contribution in [0.3, 0.4) is 0 Å². The van der Waals surface area contributed by atoms with Crippen molar-refractivity contribution < 1.29 is 91.9 Å². The van der Waals surface area contributed by atoms with Crippen LogP contribution in [0, 0.1) is 16.7 Å². The molecular formula is C110H151Cl2F4N13O16S. The summed E-state index contributed by atoms with van der Waals surface area (Å²) in [4.78, 5) is 146. The monoisotopic (exact) mass is 2090 g/mol. The number of piperazine rings is 4. The lowest BCUT2D eigenvalue weighted by Gasteiger charge is -2.48. The molecule has 5 saturated carbocycles. The first-order chi connectivity index (χ1) is 67.4. The van der Waals surface area contributed by atoms with Crippen molar-refractivity contribution >= 4 is 131 Å². The van der Waals surface area contributed by atoms with Crippen LogP contribution in [0.5, 0.6) is 0 Å². The number of alkyl halides is 6. The van der Waals surface area contributed by atoms with Crippen LogP contribution in [0.25, 0.3) is 44.4 Å². The predicted molar refractivity (Wildman–Crippen MR) is 554 cm³/mol. The summed E-state index contributed by atoms with van der Waals surface area (Å²) in [6.45, 7) is 49.5. The molecular weight excluding hydrogens is 1940 g/mol. The number of aromatic nitrogens is 4. The van der Waals surface area contributed by atoms with E-state index in [0.717, 1.165) is 89.1 Å². The summed E-state index contributed by atoms with van der Waals surface area (Å²) in [6, 6.07) is 15.0. The summed E-state index contributed by atoms with van der Waals surface area (Å²) >= 11 is 12.7. The number of rotatable bonds is 13. The van der Waals surface area contributed by atoms with E-state index in [9.17, 15) is 74.2 Å². The third-order valence-corrected chi connectivity index (χ3v) is 34.0. The lowest BCUT2D eigenvalue weighted by molar-refractivity contribution is -0.153. The molecule has 4 saturated heterocycles. The Morgan fingerprint density at radius 2 is 0.705 bits per heavy atom. The van der Waals surface area contributed by atoms with Gasteiger partial charge in [-0.3, -0.25) is 43.2 Å². The molecule has 146 heavy (non-hydrogen) atoms. The summed E-state index contributed by atoms with van der Waals surface area (Å²) in [6.07, 6.45) is 10.7. The Kier molecular flexibility index (Phi) is 31.3. The summed E-state index contributed by atoms with van der Waals surface area (Å²) in [5.41, 5.74) is 7.59. The molecule has 0 atom stereocenters. The first kappa shape index (κ1) is 112.